The summed E-state index contributed by atoms with van der Waals surface area (Å²) in [7, 11) is 0. The van der Waals surface area contributed by atoms with E-state index in [2.05, 4.69) is 6.07 Å². The summed E-state index contributed by atoms with van der Waals surface area (Å²) in [5.74, 6) is 1.55. The standard InChI is InChI=1S/C27H25NO4/c1-18-15-24-19(13-14-29)6-4-7-25(24)28(18)27(30)20-9-11-22(12-10-20)31-17-23-16-21-5-2-3-8-26(21)32-23/h2-12,15,23,29H,13-14,16-17H2,1H3/t23-/m0/s1. The molecule has 32 heavy (non-hydrogen) atoms. The number of aryl methyl sites for hydroxylation is 1. The smallest absolute Gasteiger partial charge is 0.262 e. The number of para-hydroxylation sites is 1. The average molecular weight is 428 g/mol. The molecule has 1 N–H and O–H groups in total. The first-order valence-electron chi connectivity index (χ1n) is 10.9. The van der Waals surface area contributed by atoms with E-state index in [1.165, 1.54) is 5.56 Å². The lowest BCUT2D eigenvalue weighted by molar-refractivity contribution is 0.0963. The summed E-state index contributed by atoms with van der Waals surface area (Å²) in [6.45, 7) is 2.46. The first-order chi connectivity index (χ1) is 15.6. The summed E-state index contributed by atoms with van der Waals surface area (Å²) in [5.41, 5.74) is 4.57. The predicted octanol–water partition coefficient (Wildman–Crippen LogP) is 4.56. The van der Waals surface area contributed by atoms with Gasteiger partial charge in [-0.25, -0.2) is 0 Å². The fourth-order valence-electron chi connectivity index (χ4n) is 4.39. The SMILES string of the molecule is Cc1cc2c(CCO)cccc2n1C(=O)c1ccc(OC[C@@H]2Cc3ccccc3O2)cc1. The summed E-state index contributed by atoms with van der Waals surface area (Å²) >= 11 is 0. The van der Waals surface area contributed by atoms with E-state index in [1.807, 2.05) is 61.5 Å². The lowest BCUT2D eigenvalue weighted by Gasteiger charge is -2.13. The summed E-state index contributed by atoms with van der Waals surface area (Å²) < 4.78 is 13.6. The molecule has 4 aromatic rings. The Bertz CT molecular complexity index is 1250. The summed E-state index contributed by atoms with van der Waals surface area (Å²) in [5, 5.41) is 10.3. The number of hydrogen-bond acceptors (Lipinski definition) is 4. The Hall–Kier alpha value is -3.57. The second kappa shape index (κ2) is 8.52. The van der Waals surface area contributed by atoms with Crippen LogP contribution >= 0.6 is 0 Å². The topological polar surface area (TPSA) is 60.7 Å². The summed E-state index contributed by atoms with van der Waals surface area (Å²) in [6.07, 6.45) is 1.40. The molecule has 0 bridgehead atoms. The van der Waals surface area contributed by atoms with Crippen LogP contribution in [0.2, 0.25) is 0 Å². The Labute approximate surface area is 186 Å². The third-order valence-corrected chi connectivity index (χ3v) is 5.96. The molecule has 0 unspecified atom stereocenters. The molecule has 0 spiro atoms. The van der Waals surface area contributed by atoms with Crippen molar-refractivity contribution in [3.63, 3.8) is 0 Å². The van der Waals surface area contributed by atoms with E-state index in [4.69, 9.17) is 9.47 Å². The number of ether oxygens (including phenoxy) is 2. The second-order valence-corrected chi connectivity index (χ2v) is 8.14. The maximum Gasteiger partial charge on any atom is 0.262 e. The molecule has 5 rings (SSSR count). The minimum atomic E-state index is -0.0835. The van der Waals surface area contributed by atoms with Crippen molar-refractivity contribution < 1.29 is 19.4 Å². The lowest BCUT2D eigenvalue weighted by Crippen LogP contribution is -2.22. The van der Waals surface area contributed by atoms with Crippen LogP contribution < -0.4 is 9.47 Å². The number of carbonyl (C=O) groups excluding carboxylic acids is 1. The minimum absolute atomic E-state index is 0.00397. The number of hydrogen-bond donors (Lipinski definition) is 1. The molecular weight excluding hydrogens is 402 g/mol. The van der Waals surface area contributed by atoms with Gasteiger partial charge in [0, 0.05) is 29.7 Å². The zero-order valence-corrected chi connectivity index (χ0v) is 18.0. The molecule has 1 aliphatic heterocycles. The van der Waals surface area contributed by atoms with Crippen LogP contribution in [0.4, 0.5) is 0 Å². The molecule has 0 fully saturated rings. The van der Waals surface area contributed by atoms with Gasteiger partial charge in [0.05, 0.1) is 5.52 Å². The Kier molecular flexibility index (Phi) is 5.41. The van der Waals surface area contributed by atoms with E-state index < -0.39 is 0 Å². The van der Waals surface area contributed by atoms with Gasteiger partial charge in [-0.2, -0.15) is 0 Å². The largest absolute Gasteiger partial charge is 0.490 e. The predicted molar refractivity (Wildman–Crippen MR) is 124 cm³/mol. The maximum atomic E-state index is 13.3. The molecule has 1 aromatic heterocycles. The van der Waals surface area contributed by atoms with Gasteiger partial charge in [0.2, 0.25) is 0 Å². The molecule has 162 valence electrons. The van der Waals surface area contributed by atoms with E-state index in [-0.39, 0.29) is 18.6 Å². The van der Waals surface area contributed by atoms with E-state index in [0.29, 0.717) is 24.3 Å². The van der Waals surface area contributed by atoms with Crippen LogP contribution in [0.15, 0.2) is 72.8 Å². The van der Waals surface area contributed by atoms with Crippen molar-refractivity contribution in [3.05, 3.63) is 95.2 Å². The minimum Gasteiger partial charge on any atom is -0.490 e. The number of benzene rings is 3. The van der Waals surface area contributed by atoms with Gasteiger partial charge in [0.15, 0.2) is 0 Å². The number of fused-ring (bicyclic) bond motifs is 2. The molecule has 5 heteroatoms. The van der Waals surface area contributed by atoms with Crippen LogP contribution in [0.1, 0.15) is 27.2 Å². The van der Waals surface area contributed by atoms with E-state index in [9.17, 15) is 9.90 Å². The van der Waals surface area contributed by atoms with Crippen LogP contribution in [0.25, 0.3) is 10.9 Å². The lowest BCUT2D eigenvalue weighted by atomic mass is 10.1. The third kappa shape index (κ3) is 3.76. The molecular formula is C27H25NO4. The van der Waals surface area contributed by atoms with Crippen LogP contribution in [-0.4, -0.2) is 34.9 Å². The molecule has 1 aliphatic rings. The van der Waals surface area contributed by atoms with Gasteiger partial charge < -0.3 is 14.6 Å². The van der Waals surface area contributed by atoms with Crippen molar-refractivity contribution in [2.45, 2.75) is 25.9 Å². The number of rotatable bonds is 6. The molecule has 0 saturated carbocycles. The zero-order valence-electron chi connectivity index (χ0n) is 18.0. The zero-order chi connectivity index (χ0) is 22.1. The van der Waals surface area contributed by atoms with Crippen LogP contribution in [0.5, 0.6) is 11.5 Å². The number of aliphatic hydroxyl groups excluding tert-OH is 1. The Morgan fingerprint density at radius 2 is 1.91 bits per heavy atom. The monoisotopic (exact) mass is 427 g/mol. The number of aromatic nitrogens is 1. The molecule has 0 amide bonds. The first kappa shape index (κ1) is 20.3. The van der Waals surface area contributed by atoms with Gasteiger partial charge in [-0.05, 0) is 66.9 Å². The van der Waals surface area contributed by atoms with E-state index >= 15 is 0 Å². The quantitative estimate of drug-likeness (QED) is 0.490. The highest BCUT2D eigenvalue weighted by Crippen LogP contribution is 2.29. The van der Waals surface area contributed by atoms with Crippen molar-refractivity contribution in [1.82, 2.24) is 4.57 Å². The highest BCUT2D eigenvalue weighted by molar-refractivity contribution is 6.03. The Balaban J connectivity index is 1.30. The van der Waals surface area contributed by atoms with Gasteiger partial charge >= 0.3 is 0 Å². The van der Waals surface area contributed by atoms with Gasteiger partial charge in [-0.3, -0.25) is 9.36 Å². The number of carbonyl (C=O) groups is 1. The molecule has 0 radical (unpaired) electrons. The van der Waals surface area contributed by atoms with E-state index in [0.717, 1.165) is 34.3 Å². The van der Waals surface area contributed by atoms with E-state index in [1.54, 1.807) is 16.7 Å². The summed E-state index contributed by atoms with van der Waals surface area (Å²) in [6, 6.07) is 23.2. The second-order valence-electron chi connectivity index (χ2n) is 8.14. The molecule has 1 atom stereocenters. The summed E-state index contributed by atoms with van der Waals surface area (Å²) in [4.78, 5) is 13.3. The molecule has 2 heterocycles. The fraction of sp³-hybridized carbons (Fsp3) is 0.222. The van der Waals surface area contributed by atoms with Crippen molar-refractivity contribution >= 4 is 16.8 Å². The molecule has 0 saturated heterocycles. The van der Waals surface area contributed by atoms with Crippen molar-refractivity contribution in [1.29, 1.82) is 0 Å². The molecule has 5 nitrogen and oxygen atoms in total. The molecule has 0 aliphatic carbocycles. The van der Waals surface area contributed by atoms with Gasteiger partial charge in [-0.15, -0.1) is 0 Å². The highest BCUT2D eigenvalue weighted by atomic mass is 16.5. The Morgan fingerprint density at radius 3 is 2.69 bits per heavy atom. The van der Waals surface area contributed by atoms with Crippen LogP contribution in [-0.2, 0) is 12.8 Å². The van der Waals surface area contributed by atoms with Crippen LogP contribution in [0.3, 0.4) is 0 Å². The molecule has 3 aromatic carbocycles. The van der Waals surface area contributed by atoms with Crippen molar-refractivity contribution in [3.8, 4) is 11.5 Å². The maximum absolute atomic E-state index is 13.3. The van der Waals surface area contributed by atoms with Crippen molar-refractivity contribution in [2.24, 2.45) is 0 Å². The average Bonchev–Trinajstić information content (AvgIpc) is 3.38. The number of nitrogens with zero attached hydrogens (tertiary/aromatic N) is 1. The van der Waals surface area contributed by atoms with Crippen LogP contribution in [0, 0.1) is 6.92 Å². The Morgan fingerprint density at radius 1 is 1.09 bits per heavy atom. The highest BCUT2D eigenvalue weighted by Gasteiger charge is 2.23. The first-order valence-corrected chi connectivity index (χ1v) is 10.9. The van der Waals surface area contributed by atoms with Gasteiger partial charge in [-0.1, -0.05) is 30.3 Å². The number of aliphatic hydroxyl groups is 1. The third-order valence-electron chi connectivity index (χ3n) is 5.96. The normalized spacial score (nSPS) is 14.9. The fourth-order valence-corrected chi connectivity index (χ4v) is 4.39. The van der Waals surface area contributed by atoms with Crippen molar-refractivity contribution in [2.75, 3.05) is 13.2 Å². The van der Waals surface area contributed by atoms with Gasteiger partial charge in [0.1, 0.15) is 24.2 Å². The van der Waals surface area contributed by atoms with Gasteiger partial charge in [0.25, 0.3) is 5.91 Å².